The summed E-state index contributed by atoms with van der Waals surface area (Å²) >= 11 is 0. The lowest BCUT2D eigenvalue weighted by Gasteiger charge is -2.27. The van der Waals surface area contributed by atoms with Gasteiger partial charge in [-0.1, -0.05) is 37.8 Å². The lowest BCUT2D eigenvalue weighted by molar-refractivity contribution is 0.0250. The van der Waals surface area contributed by atoms with E-state index in [1.807, 2.05) is 24.3 Å². The van der Waals surface area contributed by atoms with Gasteiger partial charge in [0.15, 0.2) is 0 Å². The molecule has 1 saturated carbocycles. The molecule has 1 amide bonds. The first kappa shape index (κ1) is 16.0. The van der Waals surface area contributed by atoms with Crippen LogP contribution in [-0.4, -0.2) is 30.2 Å². The van der Waals surface area contributed by atoms with Gasteiger partial charge in [-0.2, -0.15) is 0 Å². The van der Waals surface area contributed by atoms with Gasteiger partial charge in [-0.15, -0.1) is 0 Å². The summed E-state index contributed by atoms with van der Waals surface area (Å²) in [6.07, 6.45) is 6.52. The molecule has 3 N–H and O–H groups in total. The van der Waals surface area contributed by atoms with Gasteiger partial charge in [0.25, 0.3) is 5.91 Å². The minimum absolute atomic E-state index is 0.0673. The standard InChI is InChI=1S/C17H26N2O2/c1-18-16(20)15-8-6-14(7-9-15)12-19-13-17(21)10-4-2-3-5-11-17/h6-9,19,21H,2-5,10-13H2,1H3,(H,18,20). The molecule has 2 rings (SSSR count). The average molecular weight is 290 g/mol. The molecule has 0 bridgehead atoms. The van der Waals surface area contributed by atoms with Crippen LogP contribution in [-0.2, 0) is 6.54 Å². The first-order chi connectivity index (χ1) is 10.1. The Bertz CT molecular complexity index is 448. The number of rotatable bonds is 5. The van der Waals surface area contributed by atoms with Gasteiger partial charge in [-0.25, -0.2) is 0 Å². The number of carbonyl (C=O) groups is 1. The third kappa shape index (κ3) is 4.83. The van der Waals surface area contributed by atoms with E-state index in [1.165, 1.54) is 12.8 Å². The molecule has 116 valence electrons. The van der Waals surface area contributed by atoms with E-state index >= 15 is 0 Å². The lowest BCUT2D eigenvalue weighted by atomic mass is 9.94. The van der Waals surface area contributed by atoms with Crippen molar-refractivity contribution in [2.75, 3.05) is 13.6 Å². The Hall–Kier alpha value is -1.39. The smallest absolute Gasteiger partial charge is 0.251 e. The molecule has 0 spiro atoms. The number of amides is 1. The van der Waals surface area contributed by atoms with Crippen molar-refractivity contribution >= 4 is 5.91 Å². The van der Waals surface area contributed by atoms with Gasteiger partial charge in [-0.05, 0) is 30.5 Å². The zero-order valence-electron chi connectivity index (χ0n) is 12.8. The second kappa shape index (κ2) is 7.57. The van der Waals surface area contributed by atoms with Crippen LogP contribution in [0.4, 0.5) is 0 Å². The van der Waals surface area contributed by atoms with E-state index in [-0.39, 0.29) is 5.91 Å². The molecule has 0 unspecified atom stereocenters. The molecule has 0 atom stereocenters. The van der Waals surface area contributed by atoms with Crippen LogP contribution in [0.1, 0.15) is 54.4 Å². The van der Waals surface area contributed by atoms with Gasteiger partial charge >= 0.3 is 0 Å². The van der Waals surface area contributed by atoms with Crippen molar-refractivity contribution in [2.24, 2.45) is 0 Å². The number of hydrogen-bond donors (Lipinski definition) is 3. The summed E-state index contributed by atoms with van der Waals surface area (Å²) in [4.78, 5) is 11.5. The van der Waals surface area contributed by atoms with Crippen LogP contribution in [0.15, 0.2) is 24.3 Å². The summed E-state index contributed by atoms with van der Waals surface area (Å²) in [7, 11) is 1.63. The molecular weight excluding hydrogens is 264 g/mol. The number of hydrogen-bond acceptors (Lipinski definition) is 3. The van der Waals surface area contributed by atoms with Crippen molar-refractivity contribution < 1.29 is 9.90 Å². The topological polar surface area (TPSA) is 61.4 Å². The maximum absolute atomic E-state index is 11.5. The van der Waals surface area contributed by atoms with Crippen LogP contribution in [0.2, 0.25) is 0 Å². The summed E-state index contributed by atoms with van der Waals surface area (Å²) < 4.78 is 0. The predicted octanol–water partition coefficient (Wildman–Crippen LogP) is 2.22. The Labute approximate surface area is 126 Å². The number of aliphatic hydroxyl groups is 1. The zero-order valence-corrected chi connectivity index (χ0v) is 12.8. The summed E-state index contributed by atoms with van der Waals surface area (Å²) in [6.45, 7) is 1.36. The van der Waals surface area contributed by atoms with E-state index in [0.717, 1.165) is 37.8 Å². The highest BCUT2D eigenvalue weighted by molar-refractivity contribution is 5.93. The van der Waals surface area contributed by atoms with Gasteiger partial charge in [0.1, 0.15) is 0 Å². The molecular formula is C17H26N2O2. The molecule has 0 heterocycles. The van der Waals surface area contributed by atoms with Crippen LogP contribution < -0.4 is 10.6 Å². The van der Waals surface area contributed by atoms with Crippen molar-refractivity contribution in [2.45, 2.75) is 50.7 Å². The molecule has 1 aromatic carbocycles. The SMILES string of the molecule is CNC(=O)c1ccc(CNCC2(O)CCCCCC2)cc1. The first-order valence-electron chi connectivity index (χ1n) is 7.87. The largest absolute Gasteiger partial charge is 0.389 e. The van der Waals surface area contributed by atoms with Crippen LogP contribution >= 0.6 is 0 Å². The summed E-state index contributed by atoms with van der Waals surface area (Å²) in [6, 6.07) is 7.57. The van der Waals surface area contributed by atoms with E-state index < -0.39 is 5.60 Å². The molecule has 21 heavy (non-hydrogen) atoms. The molecule has 0 radical (unpaired) electrons. The lowest BCUT2D eigenvalue weighted by Crippen LogP contribution is -2.39. The maximum Gasteiger partial charge on any atom is 0.251 e. The average Bonchev–Trinajstić information content (AvgIpc) is 2.72. The minimum Gasteiger partial charge on any atom is -0.389 e. The molecule has 1 aromatic rings. The second-order valence-corrected chi connectivity index (χ2v) is 6.02. The minimum atomic E-state index is -0.543. The Balaban J connectivity index is 1.81. The van der Waals surface area contributed by atoms with Crippen LogP contribution in [0, 0.1) is 0 Å². The molecule has 0 aromatic heterocycles. The van der Waals surface area contributed by atoms with E-state index in [9.17, 15) is 9.90 Å². The summed E-state index contributed by atoms with van der Waals surface area (Å²) in [5.41, 5.74) is 1.25. The normalized spacial score (nSPS) is 18.0. The van der Waals surface area contributed by atoms with E-state index in [2.05, 4.69) is 10.6 Å². The summed E-state index contributed by atoms with van der Waals surface area (Å²) in [5.74, 6) is -0.0673. The van der Waals surface area contributed by atoms with Crippen molar-refractivity contribution in [3.05, 3.63) is 35.4 Å². The highest BCUT2D eigenvalue weighted by Gasteiger charge is 2.27. The Morgan fingerprint density at radius 2 is 1.76 bits per heavy atom. The van der Waals surface area contributed by atoms with Crippen LogP contribution in [0.25, 0.3) is 0 Å². The number of nitrogens with one attached hydrogen (secondary N) is 2. The quantitative estimate of drug-likeness (QED) is 0.729. The van der Waals surface area contributed by atoms with Gasteiger partial charge in [0.05, 0.1) is 5.60 Å². The van der Waals surface area contributed by atoms with Crippen molar-refractivity contribution in [3.63, 3.8) is 0 Å². The fourth-order valence-electron chi connectivity index (χ4n) is 2.92. The second-order valence-electron chi connectivity index (χ2n) is 6.02. The van der Waals surface area contributed by atoms with Gasteiger partial charge in [0, 0.05) is 25.7 Å². The Kier molecular flexibility index (Phi) is 5.76. The fourth-order valence-corrected chi connectivity index (χ4v) is 2.92. The van der Waals surface area contributed by atoms with Crippen molar-refractivity contribution in [3.8, 4) is 0 Å². The van der Waals surface area contributed by atoms with Crippen LogP contribution in [0.3, 0.4) is 0 Å². The number of benzene rings is 1. The third-order valence-electron chi connectivity index (χ3n) is 4.26. The van der Waals surface area contributed by atoms with Gasteiger partial charge in [0.2, 0.25) is 0 Å². The van der Waals surface area contributed by atoms with Crippen molar-refractivity contribution in [1.82, 2.24) is 10.6 Å². The highest BCUT2D eigenvalue weighted by atomic mass is 16.3. The van der Waals surface area contributed by atoms with E-state index in [0.29, 0.717) is 12.1 Å². The Morgan fingerprint density at radius 1 is 1.14 bits per heavy atom. The van der Waals surface area contributed by atoms with Gasteiger partial charge in [-0.3, -0.25) is 4.79 Å². The number of carbonyl (C=O) groups excluding carboxylic acids is 1. The zero-order chi connectivity index (χ0) is 15.1. The molecule has 1 aliphatic rings. The highest BCUT2D eigenvalue weighted by Crippen LogP contribution is 2.26. The fraction of sp³-hybridized carbons (Fsp3) is 0.588. The van der Waals surface area contributed by atoms with E-state index in [4.69, 9.17) is 0 Å². The maximum atomic E-state index is 11.5. The molecule has 0 saturated heterocycles. The molecule has 1 fully saturated rings. The predicted molar refractivity (Wildman–Crippen MR) is 84.2 cm³/mol. The Morgan fingerprint density at radius 3 is 2.33 bits per heavy atom. The molecule has 4 heteroatoms. The molecule has 0 aliphatic heterocycles. The third-order valence-corrected chi connectivity index (χ3v) is 4.26. The molecule has 1 aliphatic carbocycles. The van der Waals surface area contributed by atoms with Crippen LogP contribution in [0.5, 0.6) is 0 Å². The first-order valence-corrected chi connectivity index (χ1v) is 7.87. The molecule has 4 nitrogen and oxygen atoms in total. The van der Waals surface area contributed by atoms with Crippen molar-refractivity contribution in [1.29, 1.82) is 0 Å². The van der Waals surface area contributed by atoms with E-state index in [1.54, 1.807) is 7.05 Å². The monoisotopic (exact) mass is 290 g/mol. The van der Waals surface area contributed by atoms with Gasteiger partial charge < -0.3 is 15.7 Å². The summed E-state index contributed by atoms with van der Waals surface area (Å²) in [5, 5.41) is 16.5.